The maximum absolute atomic E-state index is 13.6. The molecule has 0 radical (unpaired) electrons. The molecule has 5 rings (SSSR count). The quantitative estimate of drug-likeness (QED) is 0.273. The van der Waals surface area contributed by atoms with E-state index in [4.69, 9.17) is 10.5 Å². The van der Waals surface area contributed by atoms with E-state index in [-0.39, 0.29) is 28.6 Å². The number of carbonyl (C=O) groups excluding carboxylic acids is 2. The van der Waals surface area contributed by atoms with E-state index in [9.17, 15) is 14.9 Å². The highest BCUT2D eigenvalue weighted by Gasteiger charge is 2.45. The van der Waals surface area contributed by atoms with Crippen molar-refractivity contribution >= 4 is 51.1 Å². The maximum Gasteiger partial charge on any atom is 0.219 e. The third-order valence-corrected chi connectivity index (χ3v) is 9.86. The van der Waals surface area contributed by atoms with Crippen molar-refractivity contribution in [2.45, 2.75) is 43.9 Å². The van der Waals surface area contributed by atoms with Gasteiger partial charge in [-0.1, -0.05) is 36.9 Å². The minimum atomic E-state index is -0.493. The first-order valence-corrected chi connectivity index (χ1v) is 14.9. The molecule has 0 saturated heterocycles. The highest BCUT2D eigenvalue weighted by Crippen LogP contribution is 2.51. The van der Waals surface area contributed by atoms with Crippen molar-refractivity contribution in [1.29, 1.82) is 5.26 Å². The maximum atomic E-state index is 13.6. The number of anilines is 1. The summed E-state index contributed by atoms with van der Waals surface area (Å²) < 4.78 is 5.75. The monoisotopic (exact) mass is 577 g/mol. The van der Waals surface area contributed by atoms with Crippen molar-refractivity contribution in [2.24, 2.45) is 11.1 Å². The number of thioether (sulfide) groups is 1. The predicted molar refractivity (Wildman–Crippen MR) is 154 cm³/mol. The lowest BCUT2D eigenvalue weighted by Crippen LogP contribution is -2.42. The molecular weight excluding hydrogens is 551 g/mol. The molecule has 2 aliphatic rings. The average molecular weight is 578 g/mol. The highest BCUT2D eigenvalue weighted by molar-refractivity contribution is 8.01. The summed E-state index contributed by atoms with van der Waals surface area (Å²) in [6.45, 7) is 6.12. The summed E-state index contributed by atoms with van der Waals surface area (Å²) in [6, 6.07) is 13.2. The summed E-state index contributed by atoms with van der Waals surface area (Å²) in [5.74, 6) is 0.627. The highest BCUT2D eigenvalue weighted by atomic mass is 32.2. The number of nitrogens with two attached hydrogens (primary N) is 1. The van der Waals surface area contributed by atoms with Crippen LogP contribution in [0.4, 0.5) is 5.13 Å². The summed E-state index contributed by atoms with van der Waals surface area (Å²) >= 11 is 4.15. The van der Waals surface area contributed by atoms with E-state index in [1.165, 1.54) is 23.1 Å². The Morgan fingerprint density at radius 2 is 1.95 bits per heavy atom. The van der Waals surface area contributed by atoms with Crippen LogP contribution in [0.1, 0.15) is 52.7 Å². The van der Waals surface area contributed by atoms with Gasteiger partial charge in [0.05, 0.1) is 30.4 Å². The molecule has 0 bridgehead atoms. The Morgan fingerprint density at radius 3 is 2.59 bits per heavy atom. The van der Waals surface area contributed by atoms with E-state index in [1.54, 1.807) is 47.6 Å². The lowest BCUT2D eigenvalue weighted by atomic mass is 9.70. The minimum Gasteiger partial charge on any atom is -0.497 e. The van der Waals surface area contributed by atoms with Crippen molar-refractivity contribution < 1.29 is 14.3 Å². The molecule has 11 heteroatoms. The number of allylic oxidation sites excluding steroid dienone is 3. The number of nitrogens with zero attached hydrogens (tertiary/aromatic N) is 4. The number of aromatic nitrogens is 2. The van der Waals surface area contributed by atoms with E-state index in [0.717, 1.165) is 15.5 Å². The Balaban J connectivity index is 1.48. The molecule has 0 amide bonds. The van der Waals surface area contributed by atoms with Crippen LogP contribution >= 0.6 is 34.4 Å². The Bertz CT molecular complexity index is 1560. The van der Waals surface area contributed by atoms with Gasteiger partial charge in [-0.05, 0) is 55.2 Å². The largest absolute Gasteiger partial charge is 0.497 e. The van der Waals surface area contributed by atoms with Gasteiger partial charge in [0, 0.05) is 33.0 Å². The number of aryl methyl sites for hydroxylation is 1. The number of benzene rings is 1. The van der Waals surface area contributed by atoms with Gasteiger partial charge in [-0.2, -0.15) is 5.26 Å². The summed E-state index contributed by atoms with van der Waals surface area (Å²) in [6.07, 6.45) is 0.996. The topological polar surface area (TPSA) is 122 Å². The second-order valence-electron chi connectivity index (χ2n) is 10.2. The van der Waals surface area contributed by atoms with Crippen molar-refractivity contribution in [3.05, 3.63) is 74.4 Å². The molecule has 0 saturated carbocycles. The SMILES string of the molecule is COc1ccc(C(=O)CSc2nnc(N3C(N)=C(C#N)C(c4ccc(C)s4)C4=C3CC(C)(C)CC4=O)s2)cc1. The van der Waals surface area contributed by atoms with Gasteiger partial charge in [-0.3, -0.25) is 14.5 Å². The molecule has 1 aliphatic heterocycles. The standard InChI is InChI=1S/C28H27N5O3S3/c1-15-5-10-22(38-15)23-18(13-29)25(30)33(19-11-28(2,3)12-20(34)24(19)23)26-31-32-27(39-26)37-14-21(35)16-6-8-17(36-4)9-7-16/h5-10,23H,11-12,14,30H2,1-4H3. The van der Waals surface area contributed by atoms with Gasteiger partial charge < -0.3 is 10.5 Å². The molecule has 200 valence electrons. The van der Waals surface area contributed by atoms with Crippen LogP contribution in [-0.4, -0.2) is 34.6 Å². The molecule has 1 unspecified atom stereocenters. The number of ether oxygens (including phenoxy) is 1. The summed E-state index contributed by atoms with van der Waals surface area (Å²) in [4.78, 5) is 30.1. The Hall–Kier alpha value is -3.46. The predicted octanol–water partition coefficient (Wildman–Crippen LogP) is 5.83. The van der Waals surface area contributed by atoms with Crippen LogP contribution in [0.15, 0.2) is 63.4 Å². The van der Waals surface area contributed by atoms with Crippen LogP contribution in [0.5, 0.6) is 5.75 Å². The zero-order valence-corrected chi connectivity index (χ0v) is 24.4. The third-order valence-electron chi connectivity index (χ3n) is 6.75. The van der Waals surface area contributed by atoms with Gasteiger partial charge in [0.25, 0.3) is 0 Å². The van der Waals surface area contributed by atoms with Gasteiger partial charge in [0.2, 0.25) is 5.13 Å². The number of ketones is 2. The summed E-state index contributed by atoms with van der Waals surface area (Å²) in [7, 11) is 1.58. The summed E-state index contributed by atoms with van der Waals surface area (Å²) in [5.41, 5.74) is 8.71. The number of nitriles is 1. The molecule has 0 fully saturated rings. The zero-order chi connectivity index (χ0) is 27.9. The number of Topliss-reactive ketones (excluding diaryl/α,β-unsaturated/α-hetero) is 2. The van der Waals surface area contributed by atoms with Crippen LogP contribution in [0.25, 0.3) is 0 Å². The number of rotatable bonds is 7. The molecule has 0 spiro atoms. The number of thiophene rings is 1. The smallest absolute Gasteiger partial charge is 0.219 e. The van der Waals surface area contributed by atoms with Crippen LogP contribution < -0.4 is 15.4 Å². The molecular formula is C28H27N5O3S3. The van der Waals surface area contributed by atoms with Crippen LogP contribution in [-0.2, 0) is 4.79 Å². The Kier molecular flexibility index (Phi) is 7.37. The number of hydrogen-bond acceptors (Lipinski definition) is 11. The summed E-state index contributed by atoms with van der Waals surface area (Å²) in [5, 5.41) is 19.4. The second-order valence-corrected chi connectivity index (χ2v) is 13.7. The molecule has 1 aromatic carbocycles. The average Bonchev–Trinajstić information content (AvgIpc) is 3.55. The first kappa shape index (κ1) is 27.1. The van der Waals surface area contributed by atoms with Crippen molar-refractivity contribution in [3.63, 3.8) is 0 Å². The second kappa shape index (κ2) is 10.6. The first-order chi connectivity index (χ1) is 18.6. The van der Waals surface area contributed by atoms with Gasteiger partial charge in [0.15, 0.2) is 15.9 Å². The van der Waals surface area contributed by atoms with Gasteiger partial charge >= 0.3 is 0 Å². The van der Waals surface area contributed by atoms with E-state index in [1.807, 2.05) is 19.1 Å². The van der Waals surface area contributed by atoms with E-state index >= 15 is 0 Å². The van der Waals surface area contributed by atoms with Gasteiger partial charge in [-0.15, -0.1) is 21.5 Å². The molecule has 2 N–H and O–H groups in total. The molecule has 3 aromatic rings. The molecule has 39 heavy (non-hydrogen) atoms. The number of carbonyl (C=O) groups is 2. The van der Waals surface area contributed by atoms with Crippen molar-refractivity contribution in [3.8, 4) is 11.8 Å². The van der Waals surface area contributed by atoms with E-state index in [0.29, 0.717) is 44.8 Å². The number of methoxy groups -OCH3 is 1. The molecule has 1 atom stereocenters. The normalized spacial score (nSPS) is 18.7. The molecule has 2 aromatic heterocycles. The fourth-order valence-electron chi connectivity index (χ4n) is 4.96. The van der Waals surface area contributed by atoms with Crippen LogP contribution in [0.3, 0.4) is 0 Å². The van der Waals surface area contributed by atoms with Gasteiger partial charge in [0.1, 0.15) is 11.6 Å². The fourth-order valence-corrected chi connectivity index (χ4v) is 7.73. The third kappa shape index (κ3) is 5.24. The molecule has 3 heterocycles. The zero-order valence-electron chi connectivity index (χ0n) is 22.0. The van der Waals surface area contributed by atoms with E-state index in [2.05, 4.69) is 30.1 Å². The van der Waals surface area contributed by atoms with Crippen LogP contribution in [0.2, 0.25) is 0 Å². The Morgan fingerprint density at radius 1 is 1.21 bits per heavy atom. The van der Waals surface area contributed by atoms with Gasteiger partial charge in [-0.25, -0.2) is 0 Å². The fraction of sp³-hybridized carbons (Fsp3) is 0.321. The van der Waals surface area contributed by atoms with Crippen molar-refractivity contribution in [2.75, 3.05) is 17.8 Å². The number of hydrogen-bond donors (Lipinski definition) is 1. The van der Waals surface area contributed by atoms with E-state index < -0.39 is 5.92 Å². The minimum absolute atomic E-state index is 0.0201. The van der Waals surface area contributed by atoms with Crippen molar-refractivity contribution in [1.82, 2.24) is 10.2 Å². The first-order valence-electron chi connectivity index (χ1n) is 12.3. The Labute approximate surface area is 239 Å². The lowest BCUT2D eigenvalue weighted by Gasteiger charge is -2.42. The molecule has 8 nitrogen and oxygen atoms in total. The molecule has 1 aliphatic carbocycles. The van der Waals surface area contributed by atoms with Crippen LogP contribution in [0, 0.1) is 23.7 Å². The lowest BCUT2D eigenvalue weighted by molar-refractivity contribution is -0.118.